The van der Waals surface area contributed by atoms with Crippen molar-refractivity contribution in [2.45, 2.75) is 39.3 Å². The van der Waals surface area contributed by atoms with Crippen LogP contribution in [0.5, 0.6) is 0 Å². The van der Waals surface area contributed by atoms with Gasteiger partial charge in [0.25, 0.3) is 0 Å². The van der Waals surface area contributed by atoms with E-state index in [1.165, 1.54) is 0 Å². The summed E-state index contributed by atoms with van der Waals surface area (Å²) < 4.78 is 324. The Morgan fingerprint density at radius 3 is 0.708 bits per heavy atom. The van der Waals surface area contributed by atoms with E-state index in [1.54, 1.807) is 0 Å². The third-order valence-corrected chi connectivity index (χ3v) is 14.4. The Bertz CT molecular complexity index is 3060. The molecule has 7 aromatic rings. The summed E-state index contributed by atoms with van der Waals surface area (Å²) in [6, 6.07) is 8.58. The SMILES string of the molecule is CC(C)[C@H]1c2ccccc2-c2c[n+]3c(c[n+]2[B-]1(c1c(F)c(F)c(F)c(F)c1F)c1c(F)c(F)c(F)c(F)c1F)-c1ccccc1[C@@H](C(C)C)[B-]3(c1c(F)c(F)c(F)c(F)c1F)c1c(F)c(F)c(F)c(F)c1F. The highest BCUT2D eigenvalue weighted by atomic mass is 19.2. The van der Waals surface area contributed by atoms with Gasteiger partial charge < -0.3 is 8.96 Å². The van der Waals surface area contributed by atoms with Gasteiger partial charge in [0.15, 0.2) is 82.2 Å². The Balaban J connectivity index is 1.68. The summed E-state index contributed by atoms with van der Waals surface area (Å²) >= 11 is 0. The van der Waals surface area contributed by atoms with E-state index in [9.17, 15) is 0 Å². The van der Waals surface area contributed by atoms with E-state index in [4.69, 9.17) is 0 Å². The highest BCUT2D eigenvalue weighted by Crippen LogP contribution is 2.47. The molecule has 2 aliphatic heterocycles. The smallest absolute Gasteiger partial charge is 0.352 e. The third kappa shape index (κ3) is 6.15. The summed E-state index contributed by atoms with van der Waals surface area (Å²) in [6.45, 7) is 4.55. The monoisotopic (exact) mass is 1030 g/mol. The maximum Gasteiger partial charge on any atom is 0.352 e. The van der Waals surface area contributed by atoms with Gasteiger partial charge in [-0.15, -0.1) is 0 Å². The van der Waals surface area contributed by atoms with Gasteiger partial charge in [-0.05, 0) is 12.1 Å². The van der Waals surface area contributed by atoms with Crippen molar-refractivity contribution in [1.82, 2.24) is 0 Å². The van der Waals surface area contributed by atoms with Crippen molar-refractivity contribution in [2.24, 2.45) is 11.8 Å². The zero-order chi connectivity index (χ0) is 52.9. The molecule has 1 aromatic heterocycles. The fraction of sp³-hybridized carbons (Fsp3) is 0.167. The normalized spacial score (nSPS) is 16.5. The summed E-state index contributed by atoms with van der Waals surface area (Å²) in [5.41, 5.74) is -13.0. The maximum absolute atomic E-state index is 17.0. The summed E-state index contributed by atoms with van der Waals surface area (Å²) in [5, 5.41) is 0. The second kappa shape index (κ2) is 16.9. The van der Waals surface area contributed by atoms with Crippen LogP contribution in [0.3, 0.4) is 0 Å². The molecule has 0 saturated heterocycles. The standard InChI is InChI=1S/C48H26B2F20N2/c1-15(2)23-19-11-7-5-9-17(19)21-14-72-22(13-71(21)49(23,25-29(51)37(59)45(67)38(60)30(25)52)26-31(53)39(61)46(68)40(62)32(26)54)18-10-6-8-12-20(18)24(16(3)4)50(72,27-33(55)41(63)47(69)42(64)34(27)56)28-35(57)43(65)48(70)44(66)36(28)58/h5-16,23-24H,1-4H3/t23-,24+. The van der Waals surface area contributed by atoms with E-state index < -0.39 is 208 Å². The second-order valence-corrected chi connectivity index (χ2v) is 18.3. The molecule has 3 heterocycles. The largest absolute Gasteiger partial charge is 0.401 e. The number of benzene rings is 6. The van der Waals surface area contributed by atoms with Crippen LogP contribution in [0.4, 0.5) is 87.8 Å². The van der Waals surface area contributed by atoms with Crippen molar-refractivity contribution in [3.63, 3.8) is 0 Å². The fourth-order valence-corrected chi connectivity index (χ4v) is 12.0. The first-order valence-corrected chi connectivity index (χ1v) is 21.4. The van der Waals surface area contributed by atoms with Crippen LogP contribution in [-0.2, 0) is 0 Å². The molecule has 6 aromatic carbocycles. The number of hydrogen-bond acceptors (Lipinski definition) is 0. The predicted molar refractivity (Wildman–Crippen MR) is 219 cm³/mol. The minimum atomic E-state index is -5.24. The molecule has 72 heavy (non-hydrogen) atoms. The van der Waals surface area contributed by atoms with E-state index in [1.807, 2.05) is 0 Å². The lowest BCUT2D eigenvalue weighted by atomic mass is 9.17. The number of fused-ring (bicyclic) bond motifs is 6. The quantitative estimate of drug-likeness (QED) is 0.0679. The lowest BCUT2D eigenvalue weighted by molar-refractivity contribution is -0.591. The van der Waals surface area contributed by atoms with Crippen LogP contribution in [0.2, 0.25) is 0 Å². The van der Waals surface area contributed by atoms with Crippen LogP contribution in [0.1, 0.15) is 50.5 Å². The molecule has 0 aliphatic carbocycles. The topological polar surface area (TPSA) is 7.76 Å². The van der Waals surface area contributed by atoms with E-state index in [0.717, 1.165) is 76.2 Å². The van der Waals surface area contributed by atoms with Gasteiger partial charge in [-0.2, -0.15) is 0 Å². The van der Waals surface area contributed by atoms with Gasteiger partial charge in [0.05, 0.1) is 0 Å². The van der Waals surface area contributed by atoms with Crippen LogP contribution >= 0.6 is 0 Å². The number of rotatable bonds is 6. The zero-order valence-corrected chi connectivity index (χ0v) is 36.7. The third-order valence-electron chi connectivity index (χ3n) is 14.4. The number of halogens is 20. The first-order valence-electron chi connectivity index (χ1n) is 21.4. The average molecular weight is 1030 g/mol. The van der Waals surface area contributed by atoms with Gasteiger partial charge in [0.2, 0.25) is 11.4 Å². The van der Waals surface area contributed by atoms with E-state index in [0.29, 0.717) is 21.3 Å². The molecule has 0 bridgehead atoms. The maximum atomic E-state index is 17.0. The number of hydrogen-bond donors (Lipinski definition) is 0. The highest BCUT2D eigenvalue weighted by molar-refractivity contribution is 6.98. The van der Waals surface area contributed by atoms with E-state index in [-0.39, 0.29) is 0 Å². The molecule has 0 spiro atoms. The number of nitrogens with zero attached hydrogens (tertiary/aromatic N) is 2. The summed E-state index contributed by atoms with van der Waals surface area (Å²) in [5.74, 6) is -64.8. The van der Waals surface area contributed by atoms with Gasteiger partial charge in [0, 0.05) is 11.1 Å². The molecular formula is C48H26B2F20N2. The Labute approximate surface area is 392 Å². The molecule has 0 N–H and O–H groups in total. The molecule has 0 radical (unpaired) electrons. The van der Waals surface area contributed by atoms with Crippen molar-refractivity contribution in [3.05, 3.63) is 188 Å². The van der Waals surface area contributed by atoms with E-state index >= 15 is 87.8 Å². The molecule has 0 saturated carbocycles. The first kappa shape index (κ1) is 50.1. The molecule has 374 valence electrons. The molecule has 2 aliphatic rings. The van der Waals surface area contributed by atoms with Crippen molar-refractivity contribution >= 4 is 34.4 Å². The summed E-state index contributed by atoms with van der Waals surface area (Å²) in [7, 11) is 0. The molecule has 2 atom stereocenters. The van der Waals surface area contributed by atoms with Gasteiger partial charge >= 0.3 is 12.6 Å². The van der Waals surface area contributed by atoms with Crippen LogP contribution in [0, 0.1) is 128 Å². The first-order chi connectivity index (χ1) is 33.8. The summed E-state index contributed by atoms with van der Waals surface area (Å²) in [6.07, 6.45) is -9.70. The average Bonchev–Trinajstić information content (AvgIpc) is 3.35. The lowest BCUT2D eigenvalue weighted by Crippen LogP contribution is -2.89. The van der Waals surface area contributed by atoms with Crippen molar-refractivity contribution in [3.8, 4) is 22.5 Å². The van der Waals surface area contributed by atoms with E-state index in [2.05, 4.69) is 0 Å². The molecule has 2 nitrogen and oxygen atoms in total. The molecule has 0 amide bonds. The fourth-order valence-electron chi connectivity index (χ4n) is 12.0. The van der Waals surface area contributed by atoms with Gasteiger partial charge in [0.1, 0.15) is 46.5 Å². The molecule has 0 fully saturated rings. The Kier molecular flexibility index (Phi) is 11.7. The minimum Gasteiger partial charge on any atom is -0.401 e. The Morgan fingerprint density at radius 1 is 0.306 bits per heavy atom. The van der Waals surface area contributed by atoms with Crippen molar-refractivity contribution in [2.75, 3.05) is 0 Å². The minimum absolute atomic E-state index is 0.291. The van der Waals surface area contributed by atoms with Gasteiger partial charge in [-0.25, -0.2) is 87.8 Å². The van der Waals surface area contributed by atoms with Crippen LogP contribution < -0.4 is 30.8 Å². The second-order valence-electron chi connectivity index (χ2n) is 18.3. The van der Waals surface area contributed by atoms with Crippen LogP contribution in [-0.4, -0.2) is 12.6 Å². The summed E-state index contributed by atoms with van der Waals surface area (Å²) in [4.78, 5) is 0. The predicted octanol–water partition coefficient (Wildman–Crippen LogP) is 10.2. The zero-order valence-electron chi connectivity index (χ0n) is 36.7. The Morgan fingerprint density at radius 2 is 0.500 bits per heavy atom. The molecule has 24 heteroatoms. The number of aromatic nitrogens is 2. The van der Waals surface area contributed by atoms with Gasteiger partial charge in [-0.3, -0.25) is 0 Å². The molecule has 0 unspecified atom stereocenters. The highest BCUT2D eigenvalue weighted by Gasteiger charge is 2.65. The lowest BCUT2D eigenvalue weighted by Gasteiger charge is -2.51. The van der Waals surface area contributed by atoms with Crippen molar-refractivity contribution < 1.29 is 96.8 Å². The van der Waals surface area contributed by atoms with Gasteiger partial charge in [-0.1, -0.05) is 121 Å². The molecule has 9 rings (SSSR count). The van der Waals surface area contributed by atoms with Crippen LogP contribution in [0.25, 0.3) is 22.5 Å². The molecular weight excluding hydrogens is 1010 g/mol. The van der Waals surface area contributed by atoms with Crippen molar-refractivity contribution in [1.29, 1.82) is 0 Å². The van der Waals surface area contributed by atoms with Crippen LogP contribution in [0.15, 0.2) is 60.9 Å². The Hall–Kier alpha value is -6.87.